The number of nitrogens with one attached hydrogen (secondary N) is 1. The van der Waals surface area contributed by atoms with Crippen LogP contribution in [0.2, 0.25) is 0 Å². The Labute approximate surface area is 144 Å². The van der Waals surface area contributed by atoms with E-state index in [1.54, 1.807) is 6.07 Å². The van der Waals surface area contributed by atoms with Gasteiger partial charge in [-0.1, -0.05) is 42.1 Å². The quantitative estimate of drug-likeness (QED) is 0.421. The molecule has 2 aromatic rings. The van der Waals surface area contributed by atoms with E-state index in [2.05, 4.69) is 5.32 Å². The third-order valence-corrected chi connectivity index (χ3v) is 3.74. The van der Waals surface area contributed by atoms with E-state index in [0.717, 1.165) is 0 Å². The normalized spacial score (nSPS) is 12.3. The minimum atomic E-state index is -4.70. The molecule has 1 N–H and O–H groups in total. The third kappa shape index (κ3) is 5.90. The second-order valence-corrected chi connectivity index (χ2v) is 5.88. The van der Waals surface area contributed by atoms with Crippen LogP contribution in [0, 0.1) is 0 Å². The maximum Gasteiger partial charge on any atom is 0.417 e. The van der Waals surface area contributed by atoms with Crippen LogP contribution in [0.15, 0.2) is 65.6 Å². The predicted molar refractivity (Wildman–Crippen MR) is 87.4 cm³/mol. The molecule has 0 spiro atoms. The standard InChI is InChI=1S/C17H12F5NOS/c18-16(19)25-13-8-6-12(7-9-13)23-15(24)10-14(17(20,21)22)11-4-2-1-3-5-11/h1-10,16H,(H,23,24)/b14-10-. The van der Waals surface area contributed by atoms with Crippen molar-refractivity contribution in [2.75, 3.05) is 5.32 Å². The lowest BCUT2D eigenvalue weighted by atomic mass is 10.1. The second kappa shape index (κ2) is 8.15. The van der Waals surface area contributed by atoms with E-state index < -0.39 is 23.4 Å². The summed E-state index contributed by atoms with van der Waals surface area (Å²) < 4.78 is 63.9. The molecule has 25 heavy (non-hydrogen) atoms. The van der Waals surface area contributed by atoms with E-state index in [4.69, 9.17) is 0 Å². The Kier molecular flexibility index (Phi) is 6.19. The smallest absolute Gasteiger partial charge is 0.322 e. The summed E-state index contributed by atoms with van der Waals surface area (Å²) in [4.78, 5) is 12.2. The maximum absolute atomic E-state index is 13.2. The molecule has 0 aromatic heterocycles. The van der Waals surface area contributed by atoms with E-state index in [-0.39, 0.29) is 16.1 Å². The average Bonchev–Trinajstić information content (AvgIpc) is 2.54. The van der Waals surface area contributed by atoms with Gasteiger partial charge in [0.15, 0.2) is 0 Å². The van der Waals surface area contributed by atoms with Gasteiger partial charge in [0, 0.05) is 16.7 Å². The van der Waals surface area contributed by atoms with Crippen molar-refractivity contribution < 1.29 is 26.7 Å². The number of hydrogen-bond acceptors (Lipinski definition) is 2. The van der Waals surface area contributed by atoms with E-state index in [0.29, 0.717) is 17.8 Å². The number of alkyl halides is 5. The number of rotatable bonds is 5. The second-order valence-electron chi connectivity index (χ2n) is 4.81. The largest absolute Gasteiger partial charge is 0.417 e. The van der Waals surface area contributed by atoms with Crippen molar-refractivity contribution in [2.45, 2.75) is 16.8 Å². The number of hydrogen-bond donors (Lipinski definition) is 1. The lowest BCUT2D eigenvalue weighted by Gasteiger charge is -2.12. The van der Waals surface area contributed by atoms with Crippen molar-refractivity contribution in [3.05, 3.63) is 66.2 Å². The molecule has 2 aromatic carbocycles. The summed E-state index contributed by atoms with van der Waals surface area (Å²) in [5.74, 6) is -3.55. The summed E-state index contributed by atoms with van der Waals surface area (Å²) in [5.41, 5.74) is -1.00. The molecule has 0 aliphatic heterocycles. The lowest BCUT2D eigenvalue weighted by Crippen LogP contribution is -2.16. The van der Waals surface area contributed by atoms with Crippen LogP contribution in [0.4, 0.5) is 27.6 Å². The highest BCUT2D eigenvalue weighted by atomic mass is 32.2. The zero-order valence-electron chi connectivity index (χ0n) is 12.6. The summed E-state index contributed by atoms with van der Waals surface area (Å²) in [5, 5.41) is 2.28. The number of thioether (sulfide) groups is 1. The number of carbonyl (C=O) groups excluding carboxylic acids is 1. The van der Waals surface area contributed by atoms with Crippen LogP contribution in [0.5, 0.6) is 0 Å². The first-order chi connectivity index (χ1) is 11.8. The van der Waals surface area contributed by atoms with Crippen LogP contribution in [0.25, 0.3) is 5.57 Å². The van der Waals surface area contributed by atoms with E-state index in [1.807, 2.05) is 0 Å². The van der Waals surface area contributed by atoms with Crippen molar-refractivity contribution in [1.29, 1.82) is 0 Å². The zero-order valence-corrected chi connectivity index (χ0v) is 13.4. The molecule has 0 heterocycles. The van der Waals surface area contributed by atoms with Gasteiger partial charge in [0.1, 0.15) is 0 Å². The molecule has 0 radical (unpaired) electrons. The van der Waals surface area contributed by atoms with Crippen molar-refractivity contribution in [3.8, 4) is 0 Å². The summed E-state index contributed by atoms with van der Waals surface area (Å²) in [6.07, 6.45) is -4.23. The Morgan fingerprint density at radius 1 is 1.00 bits per heavy atom. The van der Waals surface area contributed by atoms with Crippen LogP contribution in [-0.4, -0.2) is 17.8 Å². The Balaban J connectivity index is 2.16. The molecule has 0 saturated carbocycles. The lowest BCUT2D eigenvalue weighted by molar-refractivity contribution is -0.112. The molecular weight excluding hydrogens is 361 g/mol. The average molecular weight is 373 g/mol. The Morgan fingerprint density at radius 2 is 1.60 bits per heavy atom. The van der Waals surface area contributed by atoms with Crippen LogP contribution in [0.3, 0.4) is 0 Å². The van der Waals surface area contributed by atoms with E-state index >= 15 is 0 Å². The molecule has 0 fully saturated rings. The van der Waals surface area contributed by atoms with Gasteiger partial charge in [-0.25, -0.2) is 0 Å². The number of anilines is 1. The molecule has 0 atom stereocenters. The summed E-state index contributed by atoms with van der Waals surface area (Å²) in [7, 11) is 0. The monoisotopic (exact) mass is 373 g/mol. The fourth-order valence-electron chi connectivity index (χ4n) is 1.98. The van der Waals surface area contributed by atoms with Crippen LogP contribution >= 0.6 is 11.8 Å². The topological polar surface area (TPSA) is 29.1 Å². The number of amides is 1. The van der Waals surface area contributed by atoms with Crippen molar-refractivity contribution >= 4 is 28.9 Å². The minimum absolute atomic E-state index is 0.131. The molecular formula is C17H12F5NOS. The van der Waals surface area contributed by atoms with Crippen molar-refractivity contribution in [3.63, 3.8) is 0 Å². The van der Waals surface area contributed by atoms with Gasteiger partial charge < -0.3 is 5.32 Å². The number of carbonyl (C=O) groups is 1. The number of benzene rings is 2. The van der Waals surface area contributed by atoms with Gasteiger partial charge in [-0.3, -0.25) is 4.79 Å². The molecule has 8 heteroatoms. The third-order valence-electron chi connectivity index (χ3n) is 3.01. The highest BCUT2D eigenvalue weighted by Gasteiger charge is 2.35. The van der Waals surface area contributed by atoms with E-state index in [9.17, 15) is 26.7 Å². The first kappa shape index (κ1) is 19.0. The summed E-state index contributed by atoms with van der Waals surface area (Å²) in [6, 6.07) is 12.3. The van der Waals surface area contributed by atoms with Gasteiger partial charge in [-0.05, 0) is 29.8 Å². The van der Waals surface area contributed by atoms with Crippen LogP contribution in [0.1, 0.15) is 5.56 Å². The molecule has 0 saturated heterocycles. The Morgan fingerprint density at radius 3 is 2.12 bits per heavy atom. The maximum atomic E-state index is 13.2. The molecule has 0 aliphatic rings. The van der Waals surface area contributed by atoms with Gasteiger partial charge in [0.25, 0.3) is 5.76 Å². The Bertz CT molecular complexity index is 742. The van der Waals surface area contributed by atoms with E-state index in [1.165, 1.54) is 48.5 Å². The molecule has 0 unspecified atom stereocenters. The first-order valence-corrected chi connectivity index (χ1v) is 7.84. The van der Waals surface area contributed by atoms with Gasteiger partial charge in [-0.2, -0.15) is 22.0 Å². The van der Waals surface area contributed by atoms with Gasteiger partial charge in [-0.15, -0.1) is 0 Å². The summed E-state index contributed by atoms with van der Waals surface area (Å²) in [6.45, 7) is 0. The molecule has 132 valence electrons. The summed E-state index contributed by atoms with van der Waals surface area (Å²) >= 11 is 0.331. The molecule has 0 aliphatic carbocycles. The molecule has 2 nitrogen and oxygen atoms in total. The fraction of sp³-hybridized carbons (Fsp3) is 0.118. The molecule has 1 amide bonds. The van der Waals surface area contributed by atoms with Gasteiger partial charge in [0.05, 0.1) is 5.57 Å². The van der Waals surface area contributed by atoms with Crippen LogP contribution < -0.4 is 5.32 Å². The fourth-order valence-corrected chi connectivity index (χ4v) is 2.47. The SMILES string of the molecule is O=C(/C=C(/c1ccccc1)C(F)(F)F)Nc1ccc(SC(F)F)cc1. The predicted octanol–water partition coefficient (Wildman–Crippen LogP) is 5.59. The minimum Gasteiger partial charge on any atom is -0.322 e. The molecule has 0 bridgehead atoms. The Hall–Kier alpha value is -2.35. The van der Waals surface area contributed by atoms with Crippen molar-refractivity contribution in [2.24, 2.45) is 0 Å². The van der Waals surface area contributed by atoms with Crippen molar-refractivity contribution in [1.82, 2.24) is 0 Å². The number of allylic oxidation sites excluding steroid dienone is 1. The zero-order chi connectivity index (χ0) is 18.4. The molecule has 2 rings (SSSR count). The first-order valence-electron chi connectivity index (χ1n) is 6.96. The van der Waals surface area contributed by atoms with Gasteiger partial charge >= 0.3 is 6.18 Å². The highest BCUT2D eigenvalue weighted by molar-refractivity contribution is 7.99. The van der Waals surface area contributed by atoms with Gasteiger partial charge in [0.2, 0.25) is 5.91 Å². The highest BCUT2D eigenvalue weighted by Crippen LogP contribution is 2.33. The van der Waals surface area contributed by atoms with Crippen LogP contribution in [-0.2, 0) is 4.79 Å². The number of halogens is 5.